The Balaban J connectivity index is 1.24. The van der Waals surface area contributed by atoms with Crippen LogP contribution in [0.2, 0.25) is 0 Å². The summed E-state index contributed by atoms with van der Waals surface area (Å²) < 4.78 is 49.1. The molecule has 3 aromatic rings. The number of anilines is 1. The standard InChI is InChI=1S/C41H61N6O9P/c1-3-4-5-6-7-8-9-10-11-12-13-14-15-16-17-20-25-52-28-34(53-27-33-22-19-18-21-32(33)26-42)29-54-57(50,51-2)56-40-37(48)38(49)41(30-43,55-40)36-24-23-35-39(44)45-31-46-47(35)36/h18-19,21-24,31,34,37-38,40,48-49H,3-17,20,25,27-29H2,1-2H3,(H2,44,45,46)/t34-,37+,38-,40-,41+,57?/m1/s1. The average molecular weight is 813 g/mol. The molecule has 1 saturated heterocycles. The van der Waals surface area contributed by atoms with Gasteiger partial charge < -0.3 is 30.2 Å². The maximum atomic E-state index is 13.7. The molecule has 16 heteroatoms. The normalized spacial score (nSPS) is 21.0. The van der Waals surface area contributed by atoms with Crippen molar-refractivity contribution in [3.63, 3.8) is 0 Å². The van der Waals surface area contributed by atoms with Gasteiger partial charge in [-0.1, -0.05) is 121 Å². The number of nitrogens with two attached hydrogens (primary N) is 1. The Morgan fingerprint density at radius 1 is 0.930 bits per heavy atom. The van der Waals surface area contributed by atoms with E-state index < -0.39 is 38.0 Å². The van der Waals surface area contributed by atoms with Gasteiger partial charge in [0.1, 0.15) is 36.2 Å². The highest BCUT2D eigenvalue weighted by atomic mass is 31.2. The molecular formula is C41H61N6O9P. The van der Waals surface area contributed by atoms with E-state index in [2.05, 4.69) is 23.1 Å². The van der Waals surface area contributed by atoms with Crippen LogP contribution in [-0.2, 0) is 44.6 Å². The zero-order valence-electron chi connectivity index (χ0n) is 33.5. The number of hydrogen-bond donors (Lipinski definition) is 3. The first-order chi connectivity index (χ1) is 27.7. The van der Waals surface area contributed by atoms with Crippen LogP contribution in [0.25, 0.3) is 5.52 Å². The Morgan fingerprint density at radius 3 is 2.18 bits per heavy atom. The summed E-state index contributed by atoms with van der Waals surface area (Å²) in [7, 11) is -3.42. The van der Waals surface area contributed by atoms with Crippen molar-refractivity contribution in [1.29, 1.82) is 10.5 Å². The second kappa shape index (κ2) is 24.5. The van der Waals surface area contributed by atoms with Gasteiger partial charge >= 0.3 is 7.82 Å². The zero-order valence-corrected chi connectivity index (χ0v) is 34.4. The average Bonchev–Trinajstić information content (AvgIpc) is 3.77. The number of fused-ring (bicyclic) bond motifs is 1. The van der Waals surface area contributed by atoms with E-state index in [1.54, 1.807) is 24.3 Å². The number of aliphatic hydroxyl groups excluding tert-OH is 2. The summed E-state index contributed by atoms with van der Waals surface area (Å²) in [5.41, 5.74) is 5.22. The number of nitrogens with zero attached hydrogens (tertiary/aromatic N) is 5. The third-order valence-electron chi connectivity index (χ3n) is 10.3. The van der Waals surface area contributed by atoms with E-state index >= 15 is 0 Å². The lowest BCUT2D eigenvalue weighted by Crippen LogP contribution is -2.40. The molecule has 3 heterocycles. The molecule has 1 unspecified atom stereocenters. The summed E-state index contributed by atoms with van der Waals surface area (Å²) in [5.74, 6) is 0.115. The molecule has 4 N–H and O–H groups in total. The molecule has 6 atom stereocenters. The fourth-order valence-corrected chi connectivity index (χ4v) is 7.92. The Morgan fingerprint density at radius 2 is 1.56 bits per heavy atom. The third-order valence-corrected chi connectivity index (χ3v) is 11.7. The Hall–Kier alpha value is -3.47. The van der Waals surface area contributed by atoms with E-state index in [1.807, 2.05) is 6.07 Å². The minimum Gasteiger partial charge on any atom is -0.386 e. The number of phosphoric ester groups is 1. The number of rotatable bonds is 29. The number of unbranched alkanes of at least 4 members (excludes halogenated alkanes) is 15. The van der Waals surface area contributed by atoms with Crippen LogP contribution in [0.15, 0.2) is 42.7 Å². The van der Waals surface area contributed by atoms with E-state index in [4.69, 9.17) is 33.5 Å². The lowest BCUT2D eigenvalue weighted by Gasteiger charge is -2.25. The van der Waals surface area contributed by atoms with Crippen LogP contribution >= 0.6 is 7.82 Å². The van der Waals surface area contributed by atoms with Gasteiger partial charge in [0, 0.05) is 13.7 Å². The van der Waals surface area contributed by atoms with Crippen LogP contribution in [0.1, 0.15) is 126 Å². The Kier molecular flexibility index (Phi) is 19.8. The van der Waals surface area contributed by atoms with Crippen LogP contribution in [0.5, 0.6) is 0 Å². The van der Waals surface area contributed by atoms with Crippen LogP contribution in [0.4, 0.5) is 5.82 Å². The largest absolute Gasteiger partial charge is 0.477 e. The molecular weight excluding hydrogens is 751 g/mol. The smallest absolute Gasteiger partial charge is 0.386 e. The van der Waals surface area contributed by atoms with E-state index in [1.165, 1.54) is 100 Å². The highest BCUT2D eigenvalue weighted by Gasteiger charge is 2.59. The first-order valence-corrected chi connectivity index (χ1v) is 21.9. The van der Waals surface area contributed by atoms with Crippen molar-refractivity contribution in [3.05, 3.63) is 59.5 Å². The minimum atomic E-state index is -4.50. The molecule has 0 amide bonds. The lowest BCUT2D eigenvalue weighted by molar-refractivity contribution is -0.146. The number of ether oxygens (including phenoxy) is 3. The van der Waals surface area contributed by atoms with Crippen molar-refractivity contribution in [2.75, 3.05) is 32.7 Å². The minimum absolute atomic E-state index is 0.0347. The first kappa shape index (κ1) is 46.2. The maximum absolute atomic E-state index is 13.7. The van der Waals surface area contributed by atoms with Crippen LogP contribution in [-0.4, -0.2) is 76.3 Å². The third kappa shape index (κ3) is 13.5. The SMILES string of the molecule is CCCCCCCCCCCCCCCCCCOC[C@H](COP(=O)(OC)O[C@H]1O[C@@](C#N)(c2ccc3c(N)ncnn23)[C@H](O)[C@@H]1O)OCc1ccccc1C#N. The van der Waals surface area contributed by atoms with Crippen molar-refractivity contribution in [3.8, 4) is 12.1 Å². The van der Waals surface area contributed by atoms with E-state index in [9.17, 15) is 25.3 Å². The summed E-state index contributed by atoms with van der Waals surface area (Å²) >= 11 is 0. The van der Waals surface area contributed by atoms with Gasteiger partial charge in [-0.25, -0.2) is 14.1 Å². The van der Waals surface area contributed by atoms with Gasteiger partial charge in [-0.15, -0.1) is 0 Å². The number of benzene rings is 1. The van der Waals surface area contributed by atoms with Crippen molar-refractivity contribution >= 4 is 19.2 Å². The molecule has 57 heavy (non-hydrogen) atoms. The molecule has 15 nitrogen and oxygen atoms in total. The molecule has 1 fully saturated rings. The molecule has 1 aromatic carbocycles. The highest BCUT2D eigenvalue weighted by Crippen LogP contribution is 2.53. The second-order valence-corrected chi connectivity index (χ2v) is 16.3. The quantitative estimate of drug-likeness (QED) is 0.0454. The van der Waals surface area contributed by atoms with Gasteiger partial charge in [0.05, 0.1) is 37.1 Å². The van der Waals surface area contributed by atoms with Crippen molar-refractivity contribution in [2.24, 2.45) is 0 Å². The predicted molar refractivity (Wildman–Crippen MR) is 213 cm³/mol. The molecule has 0 radical (unpaired) electrons. The molecule has 4 rings (SSSR count). The van der Waals surface area contributed by atoms with Crippen LogP contribution in [0.3, 0.4) is 0 Å². The molecule has 314 valence electrons. The highest BCUT2D eigenvalue weighted by molar-refractivity contribution is 7.48. The van der Waals surface area contributed by atoms with Crippen molar-refractivity contribution in [1.82, 2.24) is 14.6 Å². The number of nitrogen functional groups attached to an aromatic ring is 1. The fraction of sp³-hybridized carbons (Fsp3) is 0.659. The van der Waals surface area contributed by atoms with Gasteiger partial charge in [-0.2, -0.15) is 15.6 Å². The van der Waals surface area contributed by atoms with E-state index in [-0.39, 0.29) is 31.3 Å². The van der Waals surface area contributed by atoms with Gasteiger partial charge in [-0.05, 0) is 30.2 Å². The van der Waals surface area contributed by atoms with Crippen LogP contribution < -0.4 is 5.73 Å². The number of hydrogen-bond acceptors (Lipinski definition) is 14. The molecule has 0 spiro atoms. The van der Waals surface area contributed by atoms with Gasteiger partial charge in [0.2, 0.25) is 5.60 Å². The molecule has 0 bridgehead atoms. The second-order valence-electron chi connectivity index (χ2n) is 14.5. The zero-order chi connectivity index (χ0) is 40.9. The summed E-state index contributed by atoms with van der Waals surface area (Å²) in [5, 5.41) is 45.9. The van der Waals surface area contributed by atoms with Crippen molar-refractivity contribution in [2.45, 2.75) is 146 Å². The maximum Gasteiger partial charge on any atom is 0.477 e. The number of nitriles is 2. The number of aromatic nitrogens is 3. The van der Waals surface area contributed by atoms with E-state index in [0.717, 1.165) is 32.7 Å². The Labute approximate surface area is 337 Å². The molecule has 1 aliphatic heterocycles. The lowest BCUT2D eigenvalue weighted by atomic mass is 9.93. The summed E-state index contributed by atoms with van der Waals surface area (Å²) in [4.78, 5) is 3.92. The molecule has 0 saturated carbocycles. The first-order valence-electron chi connectivity index (χ1n) is 20.4. The summed E-state index contributed by atoms with van der Waals surface area (Å²) in [6.07, 6.45) is 15.3. The predicted octanol–water partition coefficient (Wildman–Crippen LogP) is 7.63. The summed E-state index contributed by atoms with van der Waals surface area (Å²) in [6.45, 7) is 2.56. The fourth-order valence-electron chi connectivity index (χ4n) is 6.89. The molecule has 2 aromatic heterocycles. The van der Waals surface area contributed by atoms with E-state index in [0.29, 0.717) is 23.3 Å². The topological polar surface area (TPSA) is 217 Å². The molecule has 1 aliphatic rings. The summed E-state index contributed by atoms with van der Waals surface area (Å²) in [6, 6.07) is 14.0. The van der Waals surface area contributed by atoms with Gasteiger partial charge in [0.25, 0.3) is 0 Å². The van der Waals surface area contributed by atoms with Crippen molar-refractivity contribution < 1.29 is 42.6 Å². The van der Waals surface area contributed by atoms with Crippen LogP contribution in [0, 0.1) is 22.7 Å². The van der Waals surface area contributed by atoms with Gasteiger partial charge in [-0.3, -0.25) is 13.6 Å². The molecule has 0 aliphatic carbocycles. The Bertz CT molecular complexity index is 1770. The monoisotopic (exact) mass is 812 g/mol. The van der Waals surface area contributed by atoms with Gasteiger partial charge in [0.15, 0.2) is 12.1 Å². The number of aliphatic hydroxyl groups is 2. The number of phosphoric acid groups is 1.